The zero-order valence-corrected chi connectivity index (χ0v) is 7.11. The molecule has 1 saturated heterocycles. The molecular formula is C8H17NO. The van der Waals surface area contributed by atoms with Gasteiger partial charge in [0.1, 0.15) is 0 Å². The molecule has 1 aliphatic heterocycles. The second-order valence-electron chi connectivity index (χ2n) is 3.39. The Balaban J connectivity index is 2.22. The standard InChI is InChI=1S/C8H17NO/c1-4-7(2)10-8(3)5-9-6-8/h7,9H,4-6H2,1-3H3. The number of ether oxygens (including phenoxy) is 1. The van der Waals surface area contributed by atoms with Crippen molar-refractivity contribution < 1.29 is 4.74 Å². The van der Waals surface area contributed by atoms with E-state index in [4.69, 9.17) is 4.74 Å². The molecule has 10 heavy (non-hydrogen) atoms. The zero-order chi connectivity index (χ0) is 7.61. The Bertz CT molecular complexity index is 110. The molecule has 0 bridgehead atoms. The minimum Gasteiger partial charge on any atom is -0.370 e. The largest absolute Gasteiger partial charge is 0.370 e. The first-order valence-electron chi connectivity index (χ1n) is 4.05. The summed E-state index contributed by atoms with van der Waals surface area (Å²) in [6.07, 6.45) is 1.52. The Kier molecular flexibility index (Phi) is 2.32. The molecule has 0 spiro atoms. The highest BCUT2D eigenvalue weighted by Gasteiger charge is 2.33. The minimum atomic E-state index is 0.134. The number of nitrogens with one attached hydrogen (secondary N) is 1. The van der Waals surface area contributed by atoms with Crippen LogP contribution in [0, 0.1) is 0 Å². The Morgan fingerprint density at radius 1 is 1.60 bits per heavy atom. The van der Waals surface area contributed by atoms with Crippen molar-refractivity contribution >= 4 is 0 Å². The summed E-state index contributed by atoms with van der Waals surface area (Å²) in [4.78, 5) is 0. The predicted octanol–water partition coefficient (Wildman–Crippen LogP) is 1.16. The first-order chi connectivity index (χ1) is 4.66. The Labute approximate surface area is 63.0 Å². The zero-order valence-electron chi connectivity index (χ0n) is 7.11. The third kappa shape index (κ3) is 1.70. The number of hydrogen-bond acceptors (Lipinski definition) is 2. The summed E-state index contributed by atoms with van der Waals surface area (Å²) in [7, 11) is 0. The number of rotatable bonds is 3. The average Bonchev–Trinajstić information content (AvgIpc) is 1.84. The van der Waals surface area contributed by atoms with Gasteiger partial charge in [-0.25, -0.2) is 0 Å². The van der Waals surface area contributed by atoms with Gasteiger partial charge in [-0.1, -0.05) is 6.92 Å². The van der Waals surface area contributed by atoms with Gasteiger partial charge in [0, 0.05) is 13.1 Å². The maximum Gasteiger partial charge on any atom is 0.0905 e. The molecule has 1 aliphatic rings. The van der Waals surface area contributed by atoms with E-state index < -0.39 is 0 Å². The van der Waals surface area contributed by atoms with Crippen molar-refractivity contribution in [3.05, 3.63) is 0 Å². The van der Waals surface area contributed by atoms with Crippen molar-refractivity contribution in [1.29, 1.82) is 0 Å². The van der Waals surface area contributed by atoms with Crippen LogP contribution in [-0.2, 0) is 4.74 Å². The van der Waals surface area contributed by atoms with Crippen LogP contribution in [-0.4, -0.2) is 24.8 Å². The third-order valence-electron chi connectivity index (χ3n) is 2.06. The Morgan fingerprint density at radius 3 is 2.50 bits per heavy atom. The van der Waals surface area contributed by atoms with E-state index in [0.717, 1.165) is 19.5 Å². The summed E-state index contributed by atoms with van der Waals surface area (Å²) in [6, 6.07) is 0. The molecule has 0 aromatic heterocycles. The van der Waals surface area contributed by atoms with Gasteiger partial charge in [0.05, 0.1) is 11.7 Å². The van der Waals surface area contributed by atoms with Gasteiger partial charge in [-0.05, 0) is 20.3 Å². The summed E-state index contributed by atoms with van der Waals surface area (Å²) < 4.78 is 5.76. The van der Waals surface area contributed by atoms with E-state index in [1.54, 1.807) is 0 Å². The van der Waals surface area contributed by atoms with Crippen LogP contribution < -0.4 is 5.32 Å². The van der Waals surface area contributed by atoms with E-state index in [-0.39, 0.29) is 5.60 Å². The SMILES string of the molecule is CCC(C)OC1(C)CNC1. The fraction of sp³-hybridized carbons (Fsp3) is 1.00. The molecule has 0 radical (unpaired) electrons. The topological polar surface area (TPSA) is 21.3 Å². The molecule has 1 rings (SSSR count). The quantitative estimate of drug-likeness (QED) is 0.640. The Morgan fingerprint density at radius 2 is 2.20 bits per heavy atom. The lowest BCUT2D eigenvalue weighted by Crippen LogP contribution is -2.59. The first-order valence-corrected chi connectivity index (χ1v) is 4.05. The van der Waals surface area contributed by atoms with Crippen molar-refractivity contribution in [2.75, 3.05) is 13.1 Å². The predicted molar refractivity (Wildman–Crippen MR) is 42.1 cm³/mol. The second kappa shape index (κ2) is 2.89. The van der Waals surface area contributed by atoms with Crippen LogP contribution in [0.15, 0.2) is 0 Å². The molecule has 1 unspecified atom stereocenters. The molecule has 1 fully saturated rings. The van der Waals surface area contributed by atoms with Gasteiger partial charge in [-0.2, -0.15) is 0 Å². The van der Waals surface area contributed by atoms with Crippen molar-refractivity contribution in [3.63, 3.8) is 0 Å². The van der Waals surface area contributed by atoms with E-state index in [2.05, 4.69) is 26.1 Å². The van der Waals surface area contributed by atoms with Crippen LogP contribution in [0.2, 0.25) is 0 Å². The van der Waals surface area contributed by atoms with E-state index >= 15 is 0 Å². The normalized spacial score (nSPS) is 25.5. The monoisotopic (exact) mass is 143 g/mol. The van der Waals surface area contributed by atoms with Crippen LogP contribution in [0.1, 0.15) is 27.2 Å². The lowest BCUT2D eigenvalue weighted by atomic mass is 9.99. The van der Waals surface area contributed by atoms with Crippen LogP contribution >= 0.6 is 0 Å². The maximum atomic E-state index is 5.76. The number of hydrogen-bond donors (Lipinski definition) is 1. The molecular weight excluding hydrogens is 126 g/mol. The third-order valence-corrected chi connectivity index (χ3v) is 2.06. The lowest BCUT2D eigenvalue weighted by Gasteiger charge is -2.41. The van der Waals surface area contributed by atoms with Crippen LogP contribution in [0.3, 0.4) is 0 Å². The summed E-state index contributed by atoms with van der Waals surface area (Å²) in [6.45, 7) is 8.47. The van der Waals surface area contributed by atoms with Gasteiger partial charge in [-0.3, -0.25) is 0 Å². The molecule has 1 atom stereocenters. The van der Waals surface area contributed by atoms with Crippen LogP contribution in [0.25, 0.3) is 0 Å². The molecule has 60 valence electrons. The summed E-state index contributed by atoms with van der Waals surface area (Å²) in [5, 5.41) is 3.21. The lowest BCUT2D eigenvalue weighted by molar-refractivity contribution is -0.105. The fourth-order valence-corrected chi connectivity index (χ4v) is 1.13. The van der Waals surface area contributed by atoms with Crippen LogP contribution in [0.4, 0.5) is 0 Å². The van der Waals surface area contributed by atoms with Gasteiger partial charge in [0.25, 0.3) is 0 Å². The molecule has 0 aromatic carbocycles. The molecule has 1 N–H and O–H groups in total. The minimum absolute atomic E-state index is 0.134. The molecule has 0 saturated carbocycles. The van der Waals surface area contributed by atoms with E-state index in [0.29, 0.717) is 6.10 Å². The fourth-order valence-electron chi connectivity index (χ4n) is 1.13. The summed E-state index contributed by atoms with van der Waals surface area (Å²) >= 11 is 0. The summed E-state index contributed by atoms with van der Waals surface area (Å²) in [5.74, 6) is 0. The van der Waals surface area contributed by atoms with Crippen molar-refractivity contribution in [2.24, 2.45) is 0 Å². The van der Waals surface area contributed by atoms with Crippen molar-refractivity contribution in [3.8, 4) is 0 Å². The van der Waals surface area contributed by atoms with E-state index in [1.807, 2.05) is 0 Å². The first kappa shape index (κ1) is 8.02. The van der Waals surface area contributed by atoms with Gasteiger partial charge in [0.15, 0.2) is 0 Å². The Hall–Kier alpha value is -0.0800. The van der Waals surface area contributed by atoms with Gasteiger partial charge in [0.2, 0.25) is 0 Å². The smallest absolute Gasteiger partial charge is 0.0905 e. The van der Waals surface area contributed by atoms with Gasteiger partial charge in [-0.15, -0.1) is 0 Å². The van der Waals surface area contributed by atoms with E-state index in [1.165, 1.54) is 0 Å². The second-order valence-corrected chi connectivity index (χ2v) is 3.39. The molecule has 0 amide bonds. The van der Waals surface area contributed by atoms with Crippen molar-refractivity contribution in [1.82, 2.24) is 5.32 Å². The molecule has 2 heteroatoms. The maximum absolute atomic E-state index is 5.76. The molecule has 2 nitrogen and oxygen atoms in total. The average molecular weight is 143 g/mol. The van der Waals surface area contributed by atoms with Crippen molar-refractivity contribution in [2.45, 2.75) is 38.9 Å². The summed E-state index contributed by atoms with van der Waals surface area (Å²) in [5.41, 5.74) is 0.134. The van der Waals surface area contributed by atoms with Gasteiger partial charge >= 0.3 is 0 Å². The highest BCUT2D eigenvalue weighted by molar-refractivity contribution is 4.90. The highest BCUT2D eigenvalue weighted by atomic mass is 16.5. The van der Waals surface area contributed by atoms with Gasteiger partial charge < -0.3 is 10.1 Å². The molecule has 0 aliphatic carbocycles. The van der Waals surface area contributed by atoms with Crippen LogP contribution in [0.5, 0.6) is 0 Å². The highest BCUT2D eigenvalue weighted by Crippen LogP contribution is 2.18. The molecule has 1 heterocycles. The molecule has 0 aromatic rings. The van der Waals surface area contributed by atoms with E-state index in [9.17, 15) is 0 Å².